The number of nitrogens with one attached hydrogen (secondary N) is 2. The van der Waals surface area contributed by atoms with Gasteiger partial charge in [-0.05, 0) is 37.3 Å². The molecule has 1 heterocycles. The molecule has 0 aliphatic carbocycles. The van der Waals surface area contributed by atoms with E-state index in [-0.39, 0.29) is 29.1 Å². The molecule has 1 aliphatic rings. The van der Waals surface area contributed by atoms with Crippen molar-refractivity contribution >= 4 is 23.0 Å². The number of non-ortho nitro benzene ring substituents is 1. The van der Waals surface area contributed by atoms with E-state index in [0.717, 1.165) is 36.8 Å². The Labute approximate surface area is 168 Å². The summed E-state index contributed by atoms with van der Waals surface area (Å²) in [7, 11) is 1.44. The summed E-state index contributed by atoms with van der Waals surface area (Å²) in [5.74, 6) is -0.124. The van der Waals surface area contributed by atoms with Crippen LogP contribution in [-0.2, 0) is 4.79 Å². The lowest BCUT2D eigenvalue weighted by atomic mass is 10.2. The minimum absolute atomic E-state index is 0.117. The van der Waals surface area contributed by atoms with Gasteiger partial charge in [0.05, 0.1) is 43.9 Å². The van der Waals surface area contributed by atoms with Crippen LogP contribution >= 0.6 is 0 Å². The molecule has 8 nitrogen and oxygen atoms in total. The minimum Gasteiger partial charge on any atom is -0.495 e. The number of piperazine rings is 1. The maximum Gasteiger partial charge on any atom is 0.282 e. The highest BCUT2D eigenvalue weighted by Crippen LogP contribution is 2.28. The standard InChI is InChI=1S/C20H23FN4O4/c1-14(20(26)22-18-13-17(25(27)28)7-8-19(18)29-2)23-9-11-24(12-10-23)16-5-3-15(21)4-6-16/h3-8,13-14H,9-12H2,1-2H3,(H,22,26)/p+1/t14-/m1/s1. The lowest BCUT2D eigenvalue weighted by Gasteiger charge is -2.36. The van der Waals surface area contributed by atoms with Crippen molar-refractivity contribution in [1.82, 2.24) is 0 Å². The number of amides is 1. The Kier molecular flexibility index (Phi) is 6.28. The molecule has 1 atom stereocenters. The molecular formula is C20H24FN4O4+. The van der Waals surface area contributed by atoms with E-state index in [9.17, 15) is 19.3 Å². The zero-order valence-electron chi connectivity index (χ0n) is 16.4. The third-order valence-corrected chi connectivity index (χ3v) is 5.25. The number of benzene rings is 2. The molecule has 29 heavy (non-hydrogen) atoms. The Morgan fingerprint density at radius 1 is 1.24 bits per heavy atom. The van der Waals surface area contributed by atoms with Crippen molar-refractivity contribution in [2.24, 2.45) is 0 Å². The lowest BCUT2D eigenvalue weighted by Crippen LogP contribution is -3.19. The fraction of sp³-hybridized carbons (Fsp3) is 0.350. The van der Waals surface area contributed by atoms with Crippen LogP contribution in [0, 0.1) is 15.9 Å². The molecule has 3 rings (SSSR count). The van der Waals surface area contributed by atoms with Crippen LogP contribution in [-0.4, -0.2) is 50.2 Å². The molecule has 0 aromatic heterocycles. The molecule has 2 aromatic carbocycles. The molecule has 9 heteroatoms. The fourth-order valence-electron chi connectivity index (χ4n) is 3.47. The first-order valence-corrected chi connectivity index (χ1v) is 9.37. The molecular weight excluding hydrogens is 379 g/mol. The smallest absolute Gasteiger partial charge is 0.282 e. The maximum absolute atomic E-state index is 13.1. The number of halogens is 1. The van der Waals surface area contributed by atoms with Crippen LogP contribution < -0.4 is 19.9 Å². The summed E-state index contributed by atoms with van der Waals surface area (Å²) < 4.78 is 18.3. The van der Waals surface area contributed by atoms with Crippen LogP contribution in [0.15, 0.2) is 42.5 Å². The highest BCUT2D eigenvalue weighted by molar-refractivity contribution is 5.95. The molecule has 0 spiro atoms. The van der Waals surface area contributed by atoms with Crippen LogP contribution in [0.2, 0.25) is 0 Å². The van der Waals surface area contributed by atoms with Gasteiger partial charge < -0.3 is 19.9 Å². The number of hydrogen-bond acceptors (Lipinski definition) is 5. The van der Waals surface area contributed by atoms with Crippen molar-refractivity contribution in [3.8, 4) is 5.75 Å². The molecule has 2 aromatic rings. The average molecular weight is 403 g/mol. The number of rotatable bonds is 6. The number of anilines is 2. The van der Waals surface area contributed by atoms with Gasteiger partial charge in [0, 0.05) is 17.8 Å². The monoisotopic (exact) mass is 403 g/mol. The van der Waals surface area contributed by atoms with E-state index in [4.69, 9.17) is 4.74 Å². The van der Waals surface area contributed by atoms with Gasteiger partial charge in [0.2, 0.25) is 0 Å². The second-order valence-corrected chi connectivity index (χ2v) is 6.97. The molecule has 154 valence electrons. The Hall–Kier alpha value is -3.20. The summed E-state index contributed by atoms with van der Waals surface area (Å²) in [6, 6.07) is 10.1. The number of quaternary nitrogens is 1. The largest absolute Gasteiger partial charge is 0.495 e. The molecule has 2 N–H and O–H groups in total. The first-order valence-electron chi connectivity index (χ1n) is 9.37. The highest BCUT2D eigenvalue weighted by atomic mass is 19.1. The van der Waals surface area contributed by atoms with Gasteiger partial charge in [-0.2, -0.15) is 0 Å². The van der Waals surface area contributed by atoms with E-state index >= 15 is 0 Å². The Balaban J connectivity index is 1.62. The van der Waals surface area contributed by atoms with Crippen LogP contribution in [0.1, 0.15) is 6.92 Å². The predicted octanol–water partition coefficient (Wildman–Crippen LogP) is 1.47. The topological polar surface area (TPSA) is 89.1 Å². The zero-order chi connectivity index (χ0) is 21.0. The van der Waals surface area contributed by atoms with E-state index < -0.39 is 4.92 Å². The van der Waals surface area contributed by atoms with E-state index in [2.05, 4.69) is 10.2 Å². The van der Waals surface area contributed by atoms with Crippen molar-refractivity contribution in [3.63, 3.8) is 0 Å². The summed E-state index contributed by atoms with van der Waals surface area (Å²) in [5.41, 5.74) is 1.13. The Bertz CT molecular complexity index is 883. The number of nitrogens with zero attached hydrogens (tertiary/aromatic N) is 2. The second-order valence-electron chi connectivity index (χ2n) is 6.97. The van der Waals surface area contributed by atoms with Crippen LogP contribution in [0.25, 0.3) is 0 Å². The molecule has 0 saturated carbocycles. The van der Waals surface area contributed by atoms with Crippen molar-refractivity contribution in [3.05, 3.63) is 58.4 Å². The lowest BCUT2D eigenvalue weighted by molar-refractivity contribution is -0.914. The van der Waals surface area contributed by atoms with Gasteiger partial charge in [0.15, 0.2) is 6.04 Å². The minimum atomic E-state index is -0.515. The van der Waals surface area contributed by atoms with Gasteiger partial charge in [-0.15, -0.1) is 0 Å². The summed E-state index contributed by atoms with van der Waals surface area (Å²) in [6.07, 6.45) is 0. The van der Waals surface area contributed by atoms with Crippen LogP contribution in [0.3, 0.4) is 0 Å². The second kappa shape index (κ2) is 8.87. The first-order chi connectivity index (χ1) is 13.9. The third-order valence-electron chi connectivity index (χ3n) is 5.25. The van der Waals surface area contributed by atoms with Crippen LogP contribution in [0.4, 0.5) is 21.5 Å². The molecule has 1 aliphatic heterocycles. The molecule has 1 amide bonds. The van der Waals surface area contributed by atoms with E-state index in [1.807, 2.05) is 6.92 Å². The Morgan fingerprint density at radius 2 is 1.90 bits per heavy atom. The van der Waals surface area contributed by atoms with Gasteiger partial charge in [-0.1, -0.05) is 0 Å². The summed E-state index contributed by atoms with van der Waals surface area (Å²) >= 11 is 0. The number of hydrogen-bond donors (Lipinski definition) is 2. The first kappa shape index (κ1) is 20.5. The quantitative estimate of drug-likeness (QED) is 0.563. The SMILES string of the molecule is COc1ccc([N+](=O)[O-])cc1NC(=O)[C@@H](C)[NH+]1CCN(c2ccc(F)cc2)CC1. The molecule has 1 saturated heterocycles. The van der Waals surface area contributed by atoms with Crippen LogP contribution in [0.5, 0.6) is 5.75 Å². The van der Waals surface area contributed by atoms with E-state index in [1.165, 1.54) is 37.4 Å². The highest BCUT2D eigenvalue weighted by Gasteiger charge is 2.30. The summed E-state index contributed by atoms with van der Waals surface area (Å²) in [4.78, 5) is 26.5. The van der Waals surface area contributed by atoms with Crippen molar-refractivity contribution in [1.29, 1.82) is 0 Å². The number of nitro benzene ring substituents is 1. The average Bonchev–Trinajstić information content (AvgIpc) is 2.73. The number of methoxy groups -OCH3 is 1. The Morgan fingerprint density at radius 3 is 2.48 bits per heavy atom. The number of carbonyl (C=O) groups is 1. The van der Waals surface area contributed by atoms with Gasteiger partial charge in [-0.25, -0.2) is 4.39 Å². The van der Waals surface area contributed by atoms with E-state index in [1.54, 1.807) is 12.1 Å². The normalized spacial score (nSPS) is 15.6. The molecule has 0 radical (unpaired) electrons. The summed E-state index contributed by atoms with van der Waals surface area (Å²) in [6.45, 7) is 4.83. The number of ether oxygens (including phenoxy) is 1. The van der Waals surface area contributed by atoms with Crippen molar-refractivity contribution in [2.75, 3.05) is 43.5 Å². The zero-order valence-corrected chi connectivity index (χ0v) is 16.4. The van der Waals surface area contributed by atoms with Crippen molar-refractivity contribution < 1.29 is 23.7 Å². The van der Waals surface area contributed by atoms with Gasteiger partial charge in [0.25, 0.3) is 11.6 Å². The maximum atomic E-state index is 13.1. The summed E-state index contributed by atoms with van der Waals surface area (Å²) in [5, 5.41) is 13.8. The van der Waals surface area contributed by atoms with Gasteiger partial charge >= 0.3 is 0 Å². The number of carbonyl (C=O) groups excluding carboxylic acids is 1. The molecule has 0 bridgehead atoms. The molecule has 0 unspecified atom stereocenters. The number of nitro groups is 1. The van der Waals surface area contributed by atoms with Gasteiger partial charge in [0.1, 0.15) is 11.6 Å². The van der Waals surface area contributed by atoms with Gasteiger partial charge in [-0.3, -0.25) is 14.9 Å². The fourth-order valence-corrected chi connectivity index (χ4v) is 3.47. The van der Waals surface area contributed by atoms with Crippen molar-refractivity contribution in [2.45, 2.75) is 13.0 Å². The van der Waals surface area contributed by atoms with E-state index in [0.29, 0.717) is 5.75 Å². The predicted molar refractivity (Wildman–Crippen MR) is 107 cm³/mol. The third kappa shape index (κ3) is 4.80. The molecule has 1 fully saturated rings.